The summed E-state index contributed by atoms with van der Waals surface area (Å²) in [6.07, 6.45) is 0. The lowest BCUT2D eigenvalue weighted by atomic mass is 10.1. The Kier molecular flexibility index (Phi) is 7.52. The third-order valence-corrected chi connectivity index (χ3v) is 5.65. The van der Waals surface area contributed by atoms with Crippen molar-refractivity contribution in [3.05, 3.63) is 102 Å². The predicted octanol–water partition coefficient (Wildman–Crippen LogP) is 5.84. The summed E-state index contributed by atoms with van der Waals surface area (Å²) in [6.45, 7) is 3.60. The molecule has 0 fully saturated rings. The Hall–Kier alpha value is -3.50. The van der Waals surface area contributed by atoms with Gasteiger partial charge in [-0.3, -0.25) is 5.09 Å². The summed E-state index contributed by atoms with van der Waals surface area (Å²) in [5, 5.41) is 2.73. The Morgan fingerprint density at radius 2 is 1.26 bits per heavy atom. The third kappa shape index (κ3) is 6.24. The smallest absolute Gasteiger partial charge is 0.461 e. The summed E-state index contributed by atoms with van der Waals surface area (Å²) in [4.78, 5) is 12.8. The standard InChI is InChI=1S/C24H24NO5P/c1-3-28-24(26)23(19(2)20-13-7-4-8-14-20)25-31(27,29-21-15-9-5-10-16-21)30-22-17-11-6-12-18-22/h4-18H,3H2,1-2H3,(H,25,27). The van der Waals surface area contributed by atoms with Crippen LogP contribution in [-0.2, 0) is 14.1 Å². The van der Waals surface area contributed by atoms with Gasteiger partial charge in [0.1, 0.15) is 17.2 Å². The maximum atomic E-state index is 13.8. The number of para-hydroxylation sites is 2. The van der Waals surface area contributed by atoms with E-state index in [1.165, 1.54) is 0 Å². The van der Waals surface area contributed by atoms with Crippen molar-refractivity contribution in [2.24, 2.45) is 0 Å². The third-order valence-electron chi connectivity index (χ3n) is 4.25. The van der Waals surface area contributed by atoms with Gasteiger partial charge in [0.15, 0.2) is 0 Å². The number of ether oxygens (including phenoxy) is 1. The van der Waals surface area contributed by atoms with E-state index in [1.807, 2.05) is 42.5 Å². The first kappa shape index (κ1) is 22.2. The second-order valence-electron chi connectivity index (χ2n) is 6.50. The van der Waals surface area contributed by atoms with Crippen LogP contribution in [0.2, 0.25) is 0 Å². The van der Waals surface area contributed by atoms with E-state index in [1.54, 1.807) is 62.4 Å². The van der Waals surface area contributed by atoms with Gasteiger partial charge in [0.05, 0.1) is 6.61 Å². The zero-order chi connectivity index (χ0) is 22.1. The van der Waals surface area contributed by atoms with Gasteiger partial charge in [-0.25, -0.2) is 9.36 Å². The number of hydrogen-bond donors (Lipinski definition) is 1. The van der Waals surface area contributed by atoms with Crippen LogP contribution in [0.5, 0.6) is 11.5 Å². The van der Waals surface area contributed by atoms with Crippen molar-refractivity contribution in [1.82, 2.24) is 5.09 Å². The molecule has 0 radical (unpaired) electrons. The van der Waals surface area contributed by atoms with E-state index >= 15 is 0 Å². The molecule has 7 heteroatoms. The van der Waals surface area contributed by atoms with E-state index in [4.69, 9.17) is 13.8 Å². The first-order valence-corrected chi connectivity index (χ1v) is 11.4. The lowest BCUT2D eigenvalue weighted by Crippen LogP contribution is -2.26. The second kappa shape index (κ2) is 10.5. The normalized spacial score (nSPS) is 11.8. The quantitative estimate of drug-likeness (QED) is 0.258. The number of carbonyl (C=O) groups is 1. The maximum absolute atomic E-state index is 13.8. The van der Waals surface area contributed by atoms with Crippen LogP contribution >= 0.6 is 7.75 Å². The summed E-state index contributed by atoms with van der Waals surface area (Å²) < 4.78 is 30.5. The van der Waals surface area contributed by atoms with E-state index in [2.05, 4.69) is 5.09 Å². The van der Waals surface area contributed by atoms with E-state index in [-0.39, 0.29) is 12.3 Å². The molecule has 3 aromatic rings. The van der Waals surface area contributed by atoms with Gasteiger partial charge >= 0.3 is 13.7 Å². The largest absolute Gasteiger partial charge is 0.541 e. The minimum Gasteiger partial charge on any atom is -0.461 e. The molecule has 0 amide bonds. The van der Waals surface area contributed by atoms with Gasteiger partial charge in [-0.15, -0.1) is 0 Å². The minimum atomic E-state index is -4.08. The number of rotatable bonds is 9. The molecule has 31 heavy (non-hydrogen) atoms. The van der Waals surface area contributed by atoms with Gasteiger partial charge in [-0.1, -0.05) is 66.7 Å². The first-order valence-electron chi connectivity index (χ1n) is 9.82. The molecule has 0 saturated heterocycles. The van der Waals surface area contributed by atoms with Crippen LogP contribution in [0, 0.1) is 0 Å². The van der Waals surface area contributed by atoms with Crippen LogP contribution in [0.4, 0.5) is 0 Å². The highest BCUT2D eigenvalue weighted by atomic mass is 31.2. The van der Waals surface area contributed by atoms with Gasteiger partial charge in [0.25, 0.3) is 0 Å². The van der Waals surface area contributed by atoms with Crippen molar-refractivity contribution in [3.63, 3.8) is 0 Å². The second-order valence-corrected chi connectivity index (χ2v) is 8.09. The summed E-state index contributed by atoms with van der Waals surface area (Å²) in [6, 6.07) is 26.5. The lowest BCUT2D eigenvalue weighted by molar-refractivity contribution is -0.138. The van der Waals surface area contributed by atoms with Crippen molar-refractivity contribution < 1.29 is 23.1 Å². The predicted molar refractivity (Wildman–Crippen MR) is 121 cm³/mol. The molecular weight excluding hydrogens is 413 g/mol. The van der Waals surface area contributed by atoms with Gasteiger partial charge in [-0.05, 0) is 49.2 Å². The molecule has 0 unspecified atom stereocenters. The molecule has 6 nitrogen and oxygen atoms in total. The zero-order valence-corrected chi connectivity index (χ0v) is 18.3. The fraction of sp³-hybridized carbons (Fsp3) is 0.125. The summed E-state index contributed by atoms with van der Waals surface area (Å²) in [7, 11) is -4.08. The molecule has 0 spiro atoms. The van der Waals surface area contributed by atoms with E-state index < -0.39 is 13.7 Å². The summed E-state index contributed by atoms with van der Waals surface area (Å²) in [5.41, 5.74) is 1.32. The number of nitrogens with one attached hydrogen (secondary N) is 1. The number of carbonyl (C=O) groups excluding carboxylic acids is 1. The molecule has 3 aromatic carbocycles. The number of esters is 1. The van der Waals surface area contributed by atoms with E-state index in [9.17, 15) is 9.36 Å². The van der Waals surface area contributed by atoms with Crippen LogP contribution in [0.3, 0.4) is 0 Å². The van der Waals surface area contributed by atoms with Crippen LogP contribution in [0.1, 0.15) is 19.4 Å². The molecule has 0 atom stereocenters. The molecule has 3 rings (SSSR count). The number of hydrogen-bond acceptors (Lipinski definition) is 5. The van der Waals surface area contributed by atoms with Crippen molar-refractivity contribution in [3.8, 4) is 11.5 Å². The topological polar surface area (TPSA) is 73.9 Å². The van der Waals surface area contributed by atoms with Crippen molar-refractivity contribution in [1.29, 1.82) is 0 Å². The number of allylic oxidation sites excluding steroid dienone is 1. The first-order chi connectivity index (χ1) is 15.0. The highest BCUT2D eigenvalue weighted by molar-refractivity contribution is 7.52. The van der Waals surface area contributed by atoms with Crippen LogP contribution in [0.25, 0.3) is 5.57 Å². The fourth-order valence-electron chi connectivity index (χ4n) is 2.76. The molecule has 0 aliphatic carbocycles. The number of benzene rings is 3. The Labute approximate surface area is 182 Å². The summed E-state index contributed by atoms with van der Waals surface area (Å²) >= 11 is 0. The molecule has 160 valence electrons. The molecule has 0 aliphatic heterocycles. The zero-order valence-electron chi connectivity index (χ0n) is 17.4. The molecule has 0 heterocycles. The van der Waals surface area contributed by atoms with Gasteiger partial charge in [0.2, 0.25) is 0 Å². The fourth-order valence-corrected chi connectivity index (χ4v) is 4.22. The maximum Gasteiger partial charge on any atom is 0.541 e. The molecule has 0 aliphatic rings. The molecular formula is C24H24NO5P. The Morgan fingerprint density at radius 1 is 0.806 bits per heavy atom. The van der Waals surface area contributed by atoms with Crippen molar-refractivity contribution >= 4 is 19.3 Å². The van der Waals surface area contributed by atoms with Crippen molar-refractivity contribution in [2.75, 3.05) is 6.61 Å². The van der Waals surface area contributed by atoms with E-state index in [0.29, 0.717) is 17.1 Å². The molecule has 0 aromatic heterocycles. The molecule has 1 N–H and O–H groups in total. The Morgan fingerprint density at radius 3 is 1.71 bits per heavy atom. The summed E-state index contributed by atoms with van der Waals surface area (Å²) in [5.74, 6) is 0.00192. The van der Waals surface area contributed by atoms with Crippen LogP contribution < -0.4 is 14.1 Å². The monoisotopic (exact) mass is 437 g/mol. The van der Waals surface area contributed by atoms with Crippen LogP contribution in [0.15, 0.2) is 96.7 Å². The SMILES string of the molecule is CCOC(=O)C(NP(=O)(Oc1ccccc1)Oc1ccccc1)=C(C)c1ccccc1. The van der Waals surface area contributed by atoms with Gasteiger partial charge in [0, 0.05) is 0 Å². The Bertz CT molecular complexity index is 1020. The van der Waals surface area contributed by atoms with Crippen molar-refractivity contribution in [2.45, 2.75) is 13.8 Å². The average Bonchev–Trinajstić information content (AvgIpc) is 2.79. The average molecular weight is 437 g/mol. The molecule has 0 bridgehead atoms. The van der Waals surface area contributed by atoms with E-state index in [0.717, 1.165) is 5.56 Å². The van der Waals surface area contributed by atoms with Gasteiger partial charge < -0.3 is 13.8 Å². The highest BCUT2D eigenvalue weighted by Gasteiger charge is 2.33. The minimum absolute atomic E-state index is 0.00301. The lowest BCUT2D eigenvalue weighted by Gasteiger charge is -2.23. The Balaban J connectivity index is 2.03. The van der Waals surface area contributed by atoms with Crippen LogP contribution in [-0.4, -0.2) is 12.6 Å². The molecule has 0 saturated carbocycles. The van der Waals surface area contributed by atoms with Gasteiger partial charge in [-0.2, -0.15) is 0 Å². The highest BCUT2D eigenvalue weighted by Crippen LogP contribution is 2.46.